The van der Waals surface area contributed by atoms with Gasteiger partial charge in [0.2, 0.25) is 0 Å². The van der Waals surface area contributed by atoms with E-state index in [1.54, 1.807) is 12.1 Å². The zero-order valence-corrected chi connectivity index (χ0v) is 10.6. The Hall–Kier alpha value is -1.04. The number of benzene rings is 1. The van der Waals surface area contributed by atoms with E-state index in [0.29, 0.717) is 18.1 Å². The molecule has 1 saturated carbocycles. The van der Waals surface area contributed by atoms with E-state index in [9.17, 15) is 4.79 Å². The highest BCUT2D eigenvalue weighted by molar-refractivity contribution is 7.90. The largest absolute Gasteiger partial charge is 0.462 e. The molecule has 18 heavy (non-hydrogen) atoms. The molecule has 1 aliphatic carbocycles. The van der Waals surface area contributed by atoms with E-state index in [0.717, 1.165) is 25.2 Å². The first-order valence-corrected chi connectivity index (χ1v) is 6.70. The number of esters is 1. The topological polar surface area (TPSA) is 44.8 Å². The predicted octanol–water partition coefficient (Wildman–Crippen LogP) is 2.60. The molecule has 2 fully saturated rings. The Labute approximate surface area is 110 Å². The van der Waals surface area contributed by atoms with Gasteiger partial charge in [-0.2, -0.15) is 0 Å². The van der Waals surface area contributed by atoms with Gasteiger partial charge in [-0.05, 0) is 30.9 Å². The van der Waals surface area contributed by atoms with Gasteiger partial charge in [-0.15, -0.1) is 0 Å². The van der Waals surface area contributed by atoms with Gasteiger partial charge in [-0.25, -0.2) is 4.79 Å². The predicted molar refractivity (Wildman–Crippen MR) is 66.8 cm³/mol. The molecule has 5 heteroatoms. The number of hydrogen-bond donors (Lipinski definition) is 0. The highest BCUT2D eigenvalue weighted by Gasteiger charge is 2.41. The minimum Gasteiger partial charge on any atom is -0.462 e. The van der Waals surface area contributed by atoms with E-state index in [1.165, 1.54) is 0 Å². The van der Waals surface area contributed by atoms with Gasteiger partial charge in [0.25, 0.3) is 0 Å². The van der Waals surface area contributed by atoms with Crippen LogP contribution in [0.1, 0.15) is 23.2 Å². The molecule has 1 aliphatic heterocycles. The lowest BCUT2D eigenvalue weighted by molar-refractivity contribution is 0.0431. The first-order chi connectivity index (χ1) is 8.83. The van der Waals surface area contributed by atoms with Crippen molar-refractivity contribution in [3.63, 3.8) is 0 Å². The summed E-state index contributed by atoms with van der Waals surface area (Å²) < 4.78 is 16.0. The van der Waals surface area contributed by atoms with E-state index in [1.807, 2.05) is 18.2 Å². The van der Waals surface area contributed by atoms with Gasteiger partial charge in [-0.3, -0.25) is 8.37 Å². The smallest absolute Gasteiger partial charge is 0.338 e. The van der Waals surface area contributed by atoms with Crippen LogP contribution < -0.4 is 0 Å². The molecule has 3 atom stereocenters. The molecule has 0 N–H and O–H groups in total. The Balaban J connectivity index is 1.49. The summed E-state index contributed by atoms with van der Waals surface area (Å²) in [6.07, 6.45) is 2.13. The van der Waals surface area contributed by atoms with Gasteiger partial charge >= 0.3 is 5.97 Å². The fourth-order valence-corrected chi connectivity index (χ4v) is 3.02. The number of carbonyl (C=O) groups excluding carboxylic acids is 1. The van der Waals surface area contributed by atoms with E-state index in [-0.39, 0.29) is 18.2 Å². The number of rotatable bonds is 3. The van der Waals surface area contributed by atoms with Crippen LogP contribution in [-0.2, 0) is 13.1 Å². The normalized spacial score (nSPS) is 30.1. The van der Waals surface area contributed by atoms with Crippen LogP contribution in [0.15, 0.2) is 30.3 Å². The van der Waals surface area contributed by atoms with Crippen molar-refractivity contribution in [2.75, 3.05) is 6.61 Å². The molecule has 4 nitrogen and oxygen atoms in total. The molecule has 0 aromatic heterocycles. The second-order valence-electron chi connectivity index (χ2n) is 4.64. The SMILES string of the molecule is O=C(OC[C@@H]1CC2OSO[C@H]2C1)c1ccccc1. The second kappa shape index (κ2) is 5.30. The quantitative estimate of drug-likeness (QED) is 0.621. The van der Waals surface area contributed by atoms with Crippen LogP contribution in [0.25, 0.3) is 0 Å². The van der Waals surface area contributed by atoms with Crippen LogP contribution in [-0.4, -0.2) is 24.8 Å². The van der Waals surface area contributed by atoms with E-state index in [4.69, 9.17) is 13.1 Å². The maximum Gasteiger partial charge on any atom is 0.338 e. The van der Waals surface area contributed by atoms with Gasteiger partial charge < -0.3 is 4.74 Å². The van der Waals surface area contributed by atoms with Crippen molar-refractivity contribution in [3.8, 4) is 0 Å². The fourth-order valence-electron chi connectivity index (χ4n) is 2.37. The van der Waals surface area contributed by atoms with E-state index < -0.39 is 0 Å². The third-order valence-electron chi connectivity index (χ3n) is 3.33. The van der Waals surface area contributed by atoms with Gasteiger partial charge in [0.1, 0.15) is 12.2 Å². The summed E-state index contributed by atoms with van der Waals surface area (Å²) in [5, 5.41) is 0. The highest BCUT2D eigenvalue weighted by atomic mass is 32.2. The molecular formula is C13H14O4S. The van der Waals surface area contributed by atoms with Crippen molar-refractivity contribution in [3.05, 3.63) is 35.9 Å². The van der Waals surface area contributed by atoms with Crippen molar-refractivity contribution < 1.29 is 17.9 Å². The Bertz CT molecular complexity index is 410. The molecule has 1 saturated heterocycles. The molecule has 1 heterocycles. The average Bonchev–Trinajstić information content (AvgIpc) is 2.97. The Kier molecular flexibility index (Phi) is 3.54. The van der Waals surface area contributed by atoms with Crippen molar-refractivity contribution in [2.45, 2.75) is 25.0 Å². The third kappa shape index (κ3) is 2.53. The molecule has 0 spiro atoms. The first kappa shape index (κ1) is 12.0. The first-order valence-electron chi connectivity index (χ1n) is 6.04. The zero-order valence-electron chi connectivity index (χ0n) is 9.78. The summed E-state index contributed by atoms with van der Waals surface area (Å²) >= 11 is 1.08. The van der Waals surface area contributed by atoms with Crippen LogP contribution >= 0.6 is 12.3 Å². The fraction of sp³-hybridized carbons (Fsp3) is 0.462. The van der Waals surface area contributed by atoms with Gasteiger partial charge in [0.15, 0.2) is 12.3 Å². The number of ether oxygens (including phenoxy) is 1. The summed E-state index contributed by atoms with van der Waals surface area (Å²) in [4.78, 5) is 11.8. The molecule has 2 aliphatic rings. The summed E-state index contributed by atoms with van der Waals surface area (Å²) in [6, 6.07) is 9.05. The van der Waals surface area contributed by atoms with Gasteiger partial charge in [0.05, 0.1) is 12.2 Å². The summed E-state index contributed by atoms with van der Waals surface area (Å²) in [6.45, 7) is 0.443. The molecule has 0 bridgehead atoms. The van der Waals surface area contributed by atoms with Crippen molar-refractivity contribution in [2.24, 2.45) is 5.92 Å². The minimum atomic E-state index is -0.260. The molecule has 0 radical (unpaired) electrons. The summed E-state index contributed by atoms with van der Waals surface area (Å²) in [5.41, 5.74) is 0.596. The van der Waals surface area contributed by atoms with Gasteiger partial charge in [0, 0.05) is 0 Å². The molecular weight excluding hydrogens is 252 g/mol. The molecule has 96 valence electrons. The Morgan fingerprint density at radius 2 is 1.89 bits per heavy atom. The Morgan fingerprint density at radius 1 is 1.22 bits per heavy atom. The van der Waals surface area contributed by atoms with Crippen molar-refractivity contribution in [1.29, 1.82) is 0 Å². The second-order valence-corrected chi connectivity index (χ2v) is 5.16. The molecule has 1 unspecified atom stereocenters. The van der Waals surface area contributed by atoms with Crippen molar-refractivity contribution >= 4 is 18.3 Å². The number of fused-ring (bicyclic) bond motifs is 1. The third-order valence-corrected chi connectivity index (χ3v) is 3.98. The average molecular weight is 266 g/mol. The summed E-state index contributed by atoms with van der Waals surface area (Å²) in [5.74, 6) is 0.0810. The molecule has 3 rings (SSSR count). The minimum absolute atomic E-state index is 0.162. The van der Waals surface area contributed by atoms with Crippen LogP contribution in [0.3, 0.4) is 0 Å². The molecule has 0 amide bonds. The van der Waals surface area contributed by atoms with E-state index in [2.05, 4.69) is 0 Å². The maximum atomic E-state index is 11.8. The lowest BCUT2D eigenvalue weighted by Gasteiger charge is -2.11. The summed E-state index contributed by atoms with van der Waals surface area (Å²) in [7, 11) is 0. The number of carbonyl (C=O) groups is 1. The van der Waals surface area contributed by atoms with Crippen molar-refractivity contribution in [1.82, 2.24) is 0 Å². The maximum absolute atomic E-state index is 11.8. The van der Waals surface area contributed by atoms with Crippen LogP contribution in [0.4, 0.5) is 0 Å². The standard InChI is InChI=1S/C13H14O4S/c14-13(10-4-2-1-3-5-10)15-8-9-6-11-12(7-9)17-18-16-11/h1-5,9,11-12H,6-8H2/t9-,11-,12?/m0/s1. The highest BCUT2D eigenvalue weighted by Crippen LogP contribution is 2.40. The van der Waals surface area contributed by atoms with Crippen LogP contribution in [0.2, 0.25) is 0 Å². The van der Waals surface area contributed by atoms with Gasteiger partial charge in [-0.1, -0.05) is 18.2 Å². The van der Waals surface area contributed by atoms with E-state index >= 15 is 0 Å². The lowest BCUT2D eigenvalue weighted by Crippen LogP contribution is -2.13. The zero-order chi connectivity index (χ0) is 12.4. The molecule has 1 aromatic carbocycles. The van der Waals surface area contributed by atoms with Crippen LogP contribution in [0.5, 0.6) is 0 Å². The van der Waals surface area contributed by atoms with Crippen LogP contribution in [0, 0.1) is 5.92 Å². The monoisotopic (exact) mass is 266 g/mol. The molecule has 1 aromatic rings. The Morgan fingerprint density at radius 3 is 2.56 bits per heavy atom. The lowest BCUT2D eigenvalue weighted by atomic mass is 10.1. The number of hydrogen-bond acceptors (Lipinski definition) is 5.